The van der Waals surface area contributed by atoms with Gasteiger partial charge in [-0.05, 0) is 38.0 Å². The first-order valence-corrected chi connectivity index (χ1v) is 10.4. The molecule has 32 heavy (non-hydrogen) atoms. The average molecular weight is 433 g/mol. The van der Waals surface area contributed by atoms with Crippen molar-refractivity contribution >= 4 is 17.4 Å². The molecule has 1 aliphatic heterocycles. The first kappa shape index (κ1) is 21.5. The zero-order valence-electron chi connectivity index (χ0n) is 18.0. The molecular formula is C25H24FN3O3. The third-order valence-electron chi connectivity index (χ3n) is 5.76. The molecule has 0 radical (unpaired) electrons. The summed E-state index contributed by atoms with van der Waals surface area (Å²) in [5, 5.41) is 11.2. The number of halogens is 1. The number of Topliss-reactive ketones (excluding diaryl/α,β-unsaturated/α-hetero) is 1. The molecule has 1 atom stereocenters. The van der Waals surface area contributed by atoms with E-state index in [1.165, 1.54) is 11.0 Å². The lowest BCUT2D eigenvalue weighted by Crippen LogP contribution is -2.31. The van der Waals surface area contributed by atoms with Crippen molar-refractivity contribution in [2.45, 2.75) is 32.9 Å². The number of imidazole rings is 1. The van der Waals surface area contributed by atoms with Gasteiger partial charge < -0.3 is 14.6 Å². The van der Waals surface area contributed by atoms with Gasteiger partial charge in [-0.2, -0.15) is 0 Å². The Hall–Kier alpha value is -3.74. The fourth-order valence-corrected chi connectivity index (χ4v) is 4.11. The van der Waals surface area contributed by atoms with Gasteiger partial charge in [0.15, 0.2) is 0 Å². The number of aromatic nitrogens is 2. The molecule has 1 aromatic heterocycles. The Bertz CT molecular complexity index is 1200. The van der Waals surface area contributed by atoms with Crippen LogP contribution in [0.4, 0.5) is 4.39 Å². The number of hydrogen-bond donors (Lipinski definition) is 1. The molecule has 2 heterocycles. The van der Waals surface area contributed by atoms with Gasteiger partial charge in [0, 0.05) is 36.6 Å². The summed E-state index contributed by atoms with van der Waals surface area (Å²) in [6.45, 7) is 4.50. The molecule has 0 bridgehead atoms. The third kappa shape index (κ3) is 3.93. The van der Waals surface area contributed by atoms with Crippen molar-refractivity contribution in [3.8, 4) is 0 Å². The van der Waals surface area contributed by atoms with Crippen molar-refractivity contribution in [1.82, 2.24) is 14.5 Å². The molecule has 1 amide bonds. The van der Waals surface area contributed by atoms with Gasteiger partial charge in [0.05, 0.1) is 17.9 Å². The fourth-order valence-electron chi connectivity index (χ4n) is 4.11. The van der Waals surface area contributed by atoms with Crippen LogP contribution >= 0.6 is 0 Å². The van der Waals surface area contributed by atoms with Crippen LogP contribution in [0.2, 0.25) is 0 Å². The highest BCUT2D eigenvalue weighted by Gasteiger charge is 2.46. The first-order valence-electron chi connectivity index (χ1n) is 10.4. The standard InChI is InChI=1S/C25H24FN3O3/c1-16-8-9-17(2)19(14-16)23(30)21-22(18-6-3-4-7-20(18)26)29(25(32)24(21)31)12-5-11-28-13-10-27-15-28/h3-4,6-10,13-15,22,30H,5,11-12H2,1-2H3. The summed E-state index contributed by atoms with van der Waals surface area (Å²) in [5.41, 5.74) is 2.21. The number of aryl methyl sites for hydroxylation is 3. The number of rotatable bonds is 6. The summed E-state index contributed by atoms with van der Waals surface area (Å²) >= 11 is 0. The first-order chi connectivity index (χ1) is 15.4. The molecule has 1 N–H and O–H groups in total. The van der Waals surface area contributed by atoms with Crippen molar-refractivity contribution in [2.75, 3.05) is 6.54 Å². The van der Waals surface area contributed by atoms with E-state index in [-0.39, 0.29) is 23.4 Å². The number of carbonyl (C=O) groups is 2. The van der Waals surface area contributed by atoms with Crippen molar-refractivity contribution in [3.05, 3.63) is 94.8 Å². The van der Waals surface area contributed by atoms with Gasteiger partial charge in [0.25, 0.3) is 11.7 Å². The Balaban J connectivity index is 1.79. The van der Waals surface area contributed by atoms with Gasteiger partial charge >= 0.3 is 0 Å². The van der Waals surface area contributed by atoms with E-state index in [1.54, 1.807) is 36.8 Å². The molecule has 1 unspecified atom stereocenters. The highest BCUT2D eigenvalue weighted by Crippen LogP contribution is 2.40. The van der Waals surface area contributed by atoms with E-state index in [4.69, 9.17) is 0 Å². The zero-order chi connectivity index (χ0) is 22.8. The molecule has 4 rings (SSSR count). The van der Waals surface area contributed by atoms with E-state index in [0.717, 1.165) is 11.1 Å². The number of carbonyl (C=O) groups excluding carboxylic acids is 2. The Morgan fingerprint density at radius 3 is 2.62 bits per heavy atom. The van der Waals surface area contributed by atoms with Crippen molar-refractivity contribution in [2.24, 2.45) is 0 Å². The predicted molar refractivity (Wildman–Crippen MR) is 118 cm³/mol. The summed E-state index contributed by atoms with van der Waals surface area (Å²) in [4.78, 5) is 31.4. The van der Waals surface area contributed by atoms with E-state index >= 15 is 0 Å². The number of amides is 1. The van der Waals surface area contributed by atoms with Crippen LogP contribution in [-0.2, 0) is 16.1 Å². The highest BCUT2D eigenvalue weighted by atomic mass is 19.1. The fraction of sp³-hybridized carbons (Fsp3) is 0.240. The topological polar surface area (TPSA) is 75.4 Å². The minimum atomic E-state index is -1.00. The minimum Gasteiger partial charge on any atom is -0.507 e. The molecular weight excluding hydrogens is 409 g/mol. The molecule has 1 aliphatic rings. The van der Waals surface area contributed by atoms with Crippen LogP contribution in [-0.4, -0.2) is 37.8 Å². The van der Waals surface area contributed by atoms with Crippen molar-refractivity contribution in [3.63, 3.8) is 0 Å². The van der Waals surface area contributed by atoms with E-state index in [0.29, 0.717) is 18.5 Å². The molecule has 0 saturated carbocycles. The van der Waals surface area contributed by atoms with E-state index in [9.17, 15) is 19.1 Å². The largest absolute Gasteiger partial charge is 0.507 e. The Labute approximate surface area is 185 Å². The molecule has 0 spiro atoms. The van der Waals surface area contributed by atoms with Gasteiger partial charge in [-0.3, -0.25) is 9.59 Å². The molecule has 164 valence electrons. The highest BCUT2D eigenvalue weighted by molar-refractivity contribution is 6.46. The van der Waals surface area contributed by atoms with Gasteiger partial charge in [0.2, 0.25) is 0 Å². The number of benzene rings is 2. The van der Waals surface area contributed by atoms with Gasteiger partial charge in [0.1, 0.15) is 11.6 Å². The molecule has 1 saturated heterocycles. The van der Waals surface area contributed by atoms with Crippen LogP contribution in [0.15, 0.2) is 66.8 Å². The summed E-state index contributed by atoms with van der Waals surface area (Å²) < 4.78 is 16.7. The third-order valence-corrected chi connectivity index (χ3v) is 5.76. The SMILES string of the molecule is Cc1ccc(C)c(C(O)=C2C(=O)C(=O)N(CCCn3ccnc3)C2c2ccccc2F)c1. The molecule has 3 aromatic rings. The smallest absolute Gasteiger partial charge is 0.295 e. The number of ketones is 1. The number of hydrogen-bond acceptors (Lipinski definition) is 4. The lowest BCUT2D eigenvalue weighted by atomic mass is 9.93. The van der Waals surface area contributed by atoms with Crippen molar-refractivity contribution < 1.29 is 19.1 Å². The molecule has 2 aromatic carbocycles. The molecule has 7 heteroatoms. The summed E-state index contributed by atoms with van der Waals surface area (Å²) in [7, 11) is 0. The van der Waals surface area contributed by atoms with Crippen LogP contribution in [0.1, 0.15) is 34.7 Å². The lowest BCUT2D eigenvalue weighted by Gasteiger charge is -2.26. The van der Waals surface area contributed by atoms with E-state index in [2.05, 4.69) is 4.98 Å². The summed E-state index contributed by atoms with van der Waals surface area (Å²) in [6, 6.07) is 10.5. The molecule has 0 aliphatic carbocycles. The quantitative estimate of drug-likeness (QED) is 0.360. The average Bonchev–Trinajstić information content (AvgIpc) is 3.38. The second-order valence-corrected chi connectivity index (χ2v) is 7.99. The number of aliphatic hydroxyl groups is 1. The number of likely N-dealkylation sites (tertiary alicyclic amines) is 1. The lowest BCUT2D eigenvalue weighted by molar-refractivity contribution is -0.140. The van der Waals surface area contributed by atoms with Gasteiger partial charge in [-0.15, -0.1) is 0 Å². The molecule has 1 fully saturated rings. The van der Waals surface area contributed by atoms with Crippen LogP contribution in [0.25, 0.3) is 5.76 Å². The van der Waals surface area contributed by atoms with E-state index < -0.39 is 23.5 Å². The maximum absolute atomic E-state index is 14.8. The van der Waals surface area contributed by atoms with Gasteiger partial charge in [-0.1, -0.05) is 35.9 Å². The Morgan fingerprint density at radius 2 is 1.91 bits per heavy atom. The zero-order valence-corrected chi connectivity index (χ0v) is 18.0. The van der Waals surface area contributed by atoms with Crippen LogP contribution < -0.4 is 0 Å². The predicted octanol–water partition coefficient (Wildman–Crippen LogP) is 4.15. The van der Waals surface area contributed by atoms with Crippen LogP contribution in [0.3, 0.4) is 0 Å². The summed E-state index contributed by atoms with van der Waals surface area (Å²) in [5.74, 6) is -2.36. The van der Waals surface area contributed by atoms with Crippen molar-refractivity contribution in [1.29, 1.82) is 0 Å². The minimum absolute atomic E-state index is 0.0866. The maximum atomic E-state index is 14.8. The normalized spacial score (nSPS) is 17.8. The summed E-state index contributed by atoms with van der Waals surface area (Å²) in [6.07, 6.45) is 5.68. The van der Waals surface area contributed by atoms with Crippen LogP contribution in [0.5, 0.6) is 0 Å². The monoisotopic (exact) mass is 433 g/mol. The second kappa shape index (κ2) is 8.78. The molecule has 6 nitrogen and oxygen atoms in total. The number of aliphatic hydroxyl groups excluding tert-OH is 1. The Kier molecular flexibility index (Phi) is 5.90. The maximum Gasteiger partial charge on any atom is 0.295 e. The number of nitrogens with zero attached hydrogens (tertiary/aromatic N) is 3. The van der Waals surface area contributed by atoms with E-state index in [1.807, 2.05) is 36.7 Å². The van der Waals surface area contributed by atoms with Crippen LogP contribution in [0, 0.1) is 19.7 Å². The van der Waals surface area contributed by atoms with Gasteiger partial charge in [-0.25, -0.2) is 9.37 Å². The second-order valence-electron chi connectivity index (χ2n) is 7.99. The Morgan fingerprint density at radius 1 is 1.12 bits per heavy atom.